The summed E-state index contributed by atoms with van der Waals surface area (Å²) in [5, 5.41) is 7.70. The number of nitrogens with zero attached hydrogens (tertiary/aromatic N) is 4. The van der Waals surface area contributed by atoms with Crippen LogP contribution in [0.2, 0.25) is 0 Å². The molecule has 156 valence electrons. The van der Waals surface area contributed by atoms with E-state index >= 15 is 0 Å². The summed E-state index contributed by atoms with van der Waals surface area (Å²) in [4.78, 5) is 21.7. The fourth-order valence-electron chi connectivity index (χ4n) is 3.86. The largest absolute Gasteiger partial charge is 0.345 e. The zero-order valence-corrected chi connectivity index (χ0v) is 18.4. The zero-order valence-electron chi connectivity index (χ0n) is 17.5. The van der Waals surface area contributed by atoms with Crippen LogP contribution in [0.5, 0.6) is 0 Å². The molecule has 0 spiro atoms. The quantitative estimate of drug-likeness (QED) is 0.726. The second kappa shape index (κ2) is 7.03. The van der Waals surface area contributed by atoms with Gasteiger partial charge in [-0.15, -0.1) is 0 Å². The molecule has 1 fully saturated rings. The van der Waals surface area contributed by atoms with E-state index in [1.54, 1.807) is 36.6 Å². The van der Waals surface area contributed by atoms with Gasteiger partial charge in [-0.05, 0) is 24.2 Å². The van der Waals surface area contributed by atoms with E-state index in [1.807, 2.05) is 20.8 Å². The lowest BCUT2D eigenvalue weighted by molar-refractivity contribution is 0.0857. The topological polar surface area (TPSA) is 99.0 Å². The SMILES string of the molecule is CC(C)(C)C(COP(C)(C)=O)NC(=O)c1nn(-c2cnccn2)c2c1CC1CC21. The van der Waals surface area contributed by atoms with E-state index in [0.717, 1.165) is 24.1 Å². The molecule has 3 atom stereocenters. The Balaban J connectivity index is 1.62. The highest BCUT2D eigenvalue weighted by molar-refractivity contribution is 7.57. The molecule has 2 aliphatic carbocycles. The van der Waals surface area contributed by atoms with Crippen molar-refractivity contribution in [2.45, 2.75) is 45.6 Å². The van der Waals surface area contributed by atoms with E-state index in [0.29, 0.717) is 23.3 Å². The number of carbonyl (C=O) groups is 1. The highest BCUT2D eigenvalue weighted by Crippen LogP contribution is 2.57. The van der Waals surface area contributed by atoms with Crippen molar-refractivity contribution < 1.29 is 13.9 Å². The number of carbonyl (C=O) groups excluding carboxylic acids is 1. The molecule has 3 unspecified atom stereocenters. The van der Waals surface area contributed by atoms with E-state index in [1.165, 1.54) is 0 Å². The lowest BCUT2D eigenvalue weighted by Gasteiger charge is -2.31. The van der Waals surface area contributed by atoms with E-state index < -0.39 is 7.37 Å². The molecule has 2 heterocycles. The van der Waals surface area contributed by atoms with E-state index in [2.05, 4.69) is 20.4 Å². The van der Waals surface area contributed by atoms with Gasteiger partial charge in [0.1, 0.15) is 0 Å². The number of rotatable bonds is 6. The first kappa shape index (κ1) is 20.2. The summed E-state index contributed by atoms with van der Waals surface area (Å²) in [6.07, 6.45) is 6.92. The summed E-state index contributed by atoms with van der Waals surface area (Å²) >= 11 is 0. The number of nitrogens with one attached hydrogen (secondary N) is 1. The van der Waals surface area contributed by atoms with Crippen LogP contribution in [0.1, 0.15) is 54.9 Å². The Morgan fingerprint density at radius 2 is 2.14 bits per heavy atom. The van der Waals surface area contributed by atoms with Crippen molar-refractivity contribution in [1.29, 1.82) is 0 Å². The second-order valence-electron chi connectivity index (χ2n) is 9.43. The number of hydrogen-bond acceptors (Lipinski definition) is 6. The first-order valence-corrected chi connectivity index (χ1v) is 12.4. The average molecular weight is 417 g/mol. The Morgan fingerprint density at radius 3 is 2.76 bits per heavy atom. The molecule has 1 N–H and O–H groups in total. The van der Waals surface area contributed by atoms with Crippen molar-refractivity contribution in [3.05, 3.63) is 35.5 Å². The number of hydrogen-bond donors (Lipinski definition) is 1. The fraction of sp³-hybridized carbons (Fsp3) is 0.600. The van der Waals surface area contributed by atoms with Gasteiger partial charge in [0.15, 0.2) is 18.9 Å². The first-order valence-electron chi connectivity index (χ1n) is 9.93. The van der Waals surface area contributed by atoms with Crippen LogP contribution in [0.4, 0.5) is 0 Å². The van der Waals surface area contributed by atoms with E-state index in [9.17, 15) is 9.36 Å². The summed E-state index contributed by atoms with van der Waals surface area (Å²) in [6, 6.07) is -0.295. The third kappa shape index (κ3) is 4.14. The van der Waals surface area contributed by atoms with Gasteiger partial charge in [0.2, 0.25) is 0 Å². The smallest absolute Gasteiger partial charge is 0.272 e. The van der Waals surface area contributed by atoms with Gasteiger partial charge in [-0.25, -0.2) is 9.67 Å². The Bertz CT molecular complexity index is 976. The summed E-state index contributed by atoms with van der Waals surface area (Å²) in [5.41, 5.74) is 2.29. The Kier molecular flexibility index (Phi) is 4.90. The molecular formula is C20H28N5O3P. The van der Waals surface area contributed by atoms with Crippen LogP contribution in [-0.4, -0.2) is 51.6 Å². The van der Waals surface area contributed by atoms with Crippen LogP contribution < -0.4 is 5.32 Å². The molecule has 1 saturated carbocycles. The predicted octanol–water partition coefficient (Wildman–Crippen LogP) is 3.02. The Labute approximate surface area is 170 Å². The molecule has 1 amide bonds. The molecular weight excluding hydrogens is 389 g/mol. The molecule has 0 radical (unpaired) electrons. The van der Waals surface area contributed by atoms with Gasteiger partial charge in [0, 0.05) is 37.2 Å². The van der Waals surface area contributed by atoms with Gasteiger partial charge in [-0.3, -0.25) is 14.3 Å². The molecule has 9 heteroatoms. The molecule has 0 saturated heterocycles. The van der Waals surface area contributed by atoms with E-state index in [-0.39, 0.29) is 24.0 Å². The third-order valence-electron chi connectivity index (χ3n) is 5.65. The van der Waals surface area contributed by atoms with Gasteiger partial charge in [0.25, 0.3) is 5.91 Å². The minimum Gasteiger partial charge on any atom is -0.345 e. The van der Waals surface area contributed by atoms with Crippen molar-refractivity contribution in [1.82, 2.24) is 25.1 Å². The third-order valence-corrected chi connectivity index (χ3v) is 6.42. The molecule has 29 heavy (non-hydrogen) atoms. The maximum atomic E-state index is 13.2. The van der Waals surface area contributed by atoms with Gasteiger partial charge < -0.3 is 9.84 Å². The molecule has 4 rings (SSSR count). The van der Waals surface area contributed by atoms with Gasteiger partial charge in [-0.2, -0.15) is 5.10 Å². The molecule has 0 bridgehead atoms. The van der Waals surface area contributed by atoms with Crippen LogP contribution in [0, 0.1) is 11.3 Å². The van der Waals surface area contributed by atoms with Crippen molar-refractivity contribution in [2.75, 3.05) is 19.9 Å². The lowest BCUT2D eigenvalue weighted by atomic mass is 9.87. The lowest BCUT2D eigenvalue weighted by Crippen LogP contribution is -2.47. The maximum absolute atomic E-state index is 13.2. The predicted molar refractivity (Wildman–Crippen MR) is 110 cm³/mol. The van der Waals surface area contributed by atoms with Crippen LogP contribution in [0.25, 0.3) is 5.82 Å². The molecule has 2 aromatic rings. The molecule has 8 nitrogen and oxygen atoms in total. The molecule has 2 aromatic heterocycles. The number of fused-ring (bicyclic) bond motifs is 3. The van der Waals surface area contributed by atoms with Crippen LogP contribution >= 0.6 is 7.37 Å². The highest BCUT2D eigenvalue weighted by atomic mass is 31.2. The minimum atomic E-state index is -2.64. The molecule has 2 aliphatic rings. The minimum absolute atomic E-state index is 0.192. The summed E-state index contributed by atoms with van der Waals surface area (Å²) in [7, 11) is -2.64. The number of aromatic nitrogens is 4. The van der Waals surface area contributed by atoms with Crippen LogP contribution in [0.3, 0.4) is 0 Å². The van der Waals surface area contributed by atoms with Gasteiger partial charge in [-0.1, -0.05) is 20.8 Å². The molecule has 0 aliphatic heterocycles. The van der Waals surface area contributed by atoms with Crippen LogP contribution in [-0.2, 0) is 15.5 Å². The summed E-state index contributed by atoms with van der Waals surface area (Å²) < 4.78 is 19.3. The van der Waals surface area contributed by atoms with Crippen LogP contribution in [0.15, 0.2) is 18.6 Å². The second-order valence-corrected chi connectivity index (χ2v) is 12.2. The standard InChI is InChI=1S/C20H28N5O3P/c1-20(2,3)15(11-28-29(4,5)27)23-19(26)17-14-9-12-8-13(12)18(14)25(24-17)16-10-21-6-7-22-16/h6-7,10,12-13,15H,8-9,11H2,1-5H3,(H,23,26). The Hall–Kier alpha value is -2.05. The Morgan fingerprint density at radius 1 is 1.38 bits per heavy atom. The summed E-state index contributed by atoms with van der Waals surface area (Å²) in [5.74, 6) is 1.46. The highest BCUT2D eigenvalue weighted by Gasteiger charge is 2.50. The summed E-state index contributed by atoms with van der Waals surface area (Å²) in [6.45, 7) is 9.42. The number of amides is 1. The maximum Gasteiger partial charge on any atom is 0.272 e. The fourth-order valence-corrected chi connectivity index (χ4v) is 4.37. The van der Waals surface area contributed by atoms with Crippen molar-refractivity contribution in [3.63, 3.8) is 0 Å². The van der Waals surface area contributed by atoms with Crippen molar-refractivity contribution in [3.8, 4) is 5.82 Å². The normalized spacial score (nSPS) is 21.4. The van der Waals surface area contributed by atoms with Crippen molar-refractivity contribution in [2.24, 2.45) is 11.3 Å². The van der Waals surface area contributed by atoms with Gasteiger partial charge >= 0.3 is 0 Å². The zero-order chi connectivity index (χ0) is 21.0. The van der Waals surface area contributed by atoms with Gasteiger partial charge in [0.05, 0.1) is 24.5 Å². The molecule has 0 aromatic carbocycles. The van der Waals surface area contributed by atoms with E-state index in [4.69, 9.17) is 4.52 Å². The first-order chi connectivity index (χ1) is 13.5. The van der Waals surface area contributed by atoms with Crippen molar-refractivity contribution >= 4 is 13.3 Å². The monoisotopic (exact) mass is 417 g/mol. The average Bonchev–Trinajstić information content (AvgIpc) is 3.13.